The maximum atomic E-state index is 13.7. The molecule has 26 heavy (non-hydrogen) atoms. The summed E-state index contributed by atoms with van der Waals surface area (Å²) in [7, 11) is 0. The van der Waals surface area contributed by atoms with Gasteiger partial charge < -0.3 is 10.6 Å². The minimum absolute atomic E-state index is 0.161. The molecule has 134 valence electrons. The minimum atomic E-state index is -0.232. The van der Waals surface area contributed by atoms with E-state index in [1.165, 1.54) is 17.4 Å². The molecule has 3 rings (SSSR count). The largest absolute Gasteiger partial charge is 0.376 e. The van der Waals surface area contributed by atoms with Gasteiger partial charge in [0.25, 0.3) is 0 Å². The predicted octanol–water partition coefficient (Wildman–Crippen LogP) is 4.54. The number of nitrogens with one attached hydrogen (secondary N) is 2. The molecule has 0 spiro atoms. The number of benzene rings is 2. The predicted molar refractivity (Wildman–Crippen MR) is 104 cm³/mol. The van der Waals surface area contributed by atoms with Gasteiger partial charge in [0.15, 0.2) is 5.13 Å². The Morgan fingerprint density at radius 2 is 1.85 bits per heavy atom. The highest BCUT2D eigenvalue weighted by Crippen LogP contribution is 2.23. The molecule has 0 atom stereocenters. The number of hydrogen-bond donors (Lipinski definition) is 2. The molecule has 3 aromatic rings. The molecule has 0 radical (unpaired) electrons. The van der Waals surface area contributed by atoms with Gasteiger partial charge in [-0.15, -0.1) is 11.3 Å². The SMILES string of the molecule is Cc1cccc(C)c1NCC(=O)Nc1ncc(Cc2ccccc2F)s1. The highest BCUT2D eigenvalue weighted by Gasteiger charge is 2.10. The smallest absolute Gasteiger partial charge is 0.245 e. The normalized spacial score (nSPS) is 10.6. The summed E-state index contributed by atoms with van der Waals surface area (Å²) in [6, 6.07) is 12.7. The lowest BCUT2D eigenvalue weighted by Crippen LogP contribution is -2.22. The van der Waals surface area contributed by atoms with E-state index >= 15 is 0 Å². The lowest BCUT2D eigenvalue weighted by molar-refractivity contribution is -0.114. The van der Waals surface area contributed by atoms with E-state index in [1.807, 2.05) is 32.0 Å². The van der Waals surface area contributed by atoms with Crippen LogP contribution in [0.5, 0.6) is 0 Å². The molecule has 0 saturated carbocycles. The second kappa shape index (κ2) is 8.10. The molecule has 1 heterocycles. The van der Waals surface area contributed by atoms with Gasteiger partial charge >= 0.3 is 0 Å². The number of thiazole rings is 1. The van der Waals surface area contributed by atoms with E-state index in [9.17, 15) is 9.18 Å². The van der Waals surface area contributed by atoms with Crippen LogP contribution in [0.15, 0.2) is 48.7 Å². The van der Waals surface area contributed by atoms with Crippen LogP contribution in [0.4, 0.5) is 15.2 Å². The molecule has 0 aliphatic carbocycles. The number of carbonyl (C=O) groups excluding carboxylic acids is 1. The summed E-state index contributed by atoms with van der Waals surface area (Å²) in [6.45, 7) is 4.17. The Morgan fingerprint density at radius 1 is 1.12 bits per heavy atom. The fraction of sp³-hybridized carbons (Fsp3) is 0.200. The molecule has 4 nitrogen and oxygen atoms in total. The zero-order valence-corrected chi connectivity index (χ0v) is 15.5. The van der Waals surface area contributed by atoms with Crippen LogP contribution in [0.1, 0.15) is 21.6 Å². The highest BCUT2D eigenvalue weighted by molar-refractivity contribution is 7.15. The van der Waals surface area contributed by atoms with Gasteiger partial charge in [0, 0.05) is 23.2 Å². The summed E-state index contributed by atoms with van der Waals surface area (Å²) < 4.78 is 13.7. The van der Waals surface area contributed by atoms with Crippen LogP contribution in [0.2, 0.25) is 0 Å². The molecule has 0 aliphatic heterocycles. The lowest BCUT2D eigenvalue weighted by Gasteiger charge is -2.11. The van der Waals surface area contributed by atoms with Crippen molar-refractivity contribution in [2.45, 2.75) is 20.3 Å². The topological polar surface area (TPSA) is 54.0 Å². The fourth-order valence-electron chi connectivity index (χ4n) is 2.70. The molecular weight excluding hydrogens is 349 g/mol. The second-order valence-corrected chi connectivity index (χ2v) is 7.18. The van der Waals surface area contributed by atoms with Gasteiger partial charge in [0.05, 0.1) is 6.54 Å². The molecule has 0 aliphatic rings. The van der Waals surface area contributed by atoms with Crippen LogP contribution in [0.3, 0.4) is 0 Å². The first-order valence-electron chi connectivity index (χ1n) is 8.31. The lowest BCUT2D eigenvalue weighted by atomic mass is 10.1. The summed E-state index contributed by atoms with van der Waals surface area (Å²) in [6.07, 6.45) is 2.13. The maximum absolute atomic E-state index is 13.7. The monoisotopic (exact) mass is 369 g/mol. The van der Waals surface area contributed by atoms with Crippen molar-refractivity contribution in [1.82, 2.24) is 4.98 Å². The van der Waals surface area contributed by atoms with Gasteiger partial charge in [-0.1, -0.05) is 36.4 Å². The third-order valence-corrected chi connectivity index (χ3v) is 4.94. The van der Waals surface area contributed by atoms with Crippen LogP contribution in [-0.4, -0.2) is 17.4 Å². The van der Waals surface area contributed by atoms with Gasteiger partial charge in [-0.2, -0.15) is 0 Å². The number of halogens is 1. The Bertz CT molecular complexity index is 903. The molecule has 0 unspecified atom stereocenters. The van der Waals surface area contributed by atoms with E-state index < -0.39 is 0 Å². The third-order valence-electron chi connectivity index (χ3n) is 4.03. The number of rotatable bonds is 6. The first-order valence-corrected chi connectivity index (χ1v) is 9.12. The number of aromatic nitrogens is 1. The Labute approximate surface area is 156 Å². The number of carbonyl (C=O) groups is 1. The Kier molecular flexibility index (Phi) is 5.63. The maximum Gasteiger partial charge on any atom is 0.245 e. The quantitative estimate of drug-likeness (QED) is 0.671. The van der Waals surface area contributed by atoms with Gasteiger partial charge in [-0.3, -0.25) is 4.79 Å². The van der Waals surface area contributed by atoms with Crippen LogP contribution in [0.25, 0.3) is 0 Å². The number of nitrogens with zero attached hydrogens (tertiary/aromatic N) is 1. The summed E-state index contributed by atoms with van der Waals surface area (Å²) in [5, 5.41) is 6.47. The van der Waals surface area contributed by atoms with E-state index in [2.05, 4.69) is 15.6 Å². The third kappa shape index (κ3) is 4.46. The van der Waals surface area contributed by atoms with E-state index in [0.29, 0.717) is 17.1 Å². The summed E-state index contributed by atoms with van der Waals surface area (Å²) in [5.41, 5.74) is 3.78. The molecule has 0 fully saturated rings. The first-order chi connectivity index (χ1) is 12.5. The Balaban J connectivity index is 1.57. The zero-order valence-electron chi connectivity index (χ0n) is 14.7. The van der Waals surface area contributed by atoms with Crippen LogP contribution < -0.4 is 10.6 Å². The summed E-state index contributed by atoms with van der Waals surface area (Å²) >= 11 is 1.36. The zero-order chi connectivity index (χ0) is 18.5. The van der Waals surface area contributed by atoms with Crippen molar-refractivity contribution in [3.8, 4) is 0 Å². The van der Waals surface area contributed by atoms with Crippen molar-refractivity contribution in [1.29, 1.82) is 0 Å². The molecule has 0 saturated heterocycles. The van der Waals surface area contributed by atoms with Crippen molar-refractivity contribution in [3.05, 3.63) is 76.0 Å². The van der Waals surface area contributed by atoms with Gasteiger partial charge in [0.2, 0.25) is 5.91 Å². The molecule has 1 amide bonds. The molecule has 6 heteroatoms. The van der Waals surface area contributed by atoms with Crippen molar-refractivity contribution in [2.75, 3.05) is 17.2 Å². The van der Waals surface area contributed by atoms with Gasteiger partial charge in [-0.25, -0.2) is 9.37 Å². The second-order valence-electron chi connectivity index (χ2n) is 6.07. The van der Waals surface area contributed by atoms with Crippen molar-refractivity contribution in [3.63, 3.8) is 0 Å². The van der Waals surface area contributed by atoms with E-state index in [-0.39, 0.29) is 18.3 Å². The van der Waals surface area contributed by atoms with Crippen LogP contribution >= 0.6 is 11.3 Å². The number of hydrogen-bond acceptors (Lipinski definition) is 4. The molecule has 1 aromatic heterocycles. The first kappa shape index (κ1) is 18.1. The summed E-state index contributed by atoms with van der Waals surface area (Å²) in [5.74, 6) is -0.399. The Morgan fingerprint density at radius 3 is 2.58 bits per heavy atom. The van der Waals surface area contributed by atoms with Crippen LogP contribution in [0, 0.1) is 19.7 Å². The van der Waals surface area contributed by atoms with Crippen molar-refractivity contribution in [2.24, 2.45) is 0 Å². The summed E-state index contributed by atoms with van der Waals surface area (Å²) in [4.78, 5) is 17.3. The molecule has 2 aromatic carbocycles. The molecule has 2 N–H and O–H groups in total. The fourth-order valence-corrected chi connectivity index (χ4v) is 3.55. The average Bonchev–Trinajstić information content (AvgIpc) is 3.03. The van der Waals surface area contributed by atoms with E-state index in [1.54, 1.807) is 24.4 Å². The van der Waals surface area contributed by atoms with E-state index in [0.717, 1.165) is 21.7 Å². The van der Waals surface area contributed by atoms with Crippen molar-refractivity contribution >= 4 is 28.1 Å². The molecular formula is C20H20FN3OS. The molecule has 0 bridgehead atoms. The highest BCUT2D eigenvalue weighted by atomic mass is 32.1. The van der Waals surface area contributed by atoms with E-state index in [4.69, 9.17) is 0 Å². The average molecular weight is 369 g/mol. The van der Waals surface area contributed by atoms with Gasteiger partial charge in [-0.05, 0) is 36.6 Å². The van der Waals surface area contributed by atoms with Crippen LogP contribution in [-0.2, 0) is 11.2 Å². The minimum Gasteiger partial charge on any atom is -0.376 e. The standard InChI is InChI=1S/C20H20FN3OS/c1-13-6-5-7-14(2)19(13)22-12-18(25)24-20-23-11-16(26-20)10-15-8-3-4-9-17(15)21/h3-9,11,22H,10,12H2,1-2H3,(H,23,24,25). The number of amides is 1. The van der Waals surface area contributed by atoms with Crippen molar-refractivity contribution < 1.29 is 9.18 Å². The van der Waals surface area contributed by atoms with Gasteiger partial charge in [0.1, 0.15) is 5.82 Å². The Hall–Kier alpha value is -2.73. The number of para-hydroxylation sites is 1. The number of anilines is 2. The number of aryl methyl sites for hydroxylation is 2.